The molecule has 7 nitrogen and oxygen atoms in total. The molecule has 184 valence electrons. The van der Waals surface area contributed by atoms with Gasteiger partial charge in [-0.15, -0.1) is 0 Å². The zero-order chi connectivity index (χ0) is 25.2. The number of amides is 2. The van der Waals surface area contributed by atoms with Gasteiger partial charge in [0.2, 0.25) is 11.8 Å². The van der Waals surface area contributed by atoms with Crippen molar-refractivity contribution in [3.8, 4) is 0 Å². The molecule has 35 heavy (non-hydrogen) atoms. The third-order valence-electron chi connectivity index (χ3n) is 6.25. The Balaban J connectivity index is 1.50. The lowest BCUT2D eigenvalue weighted by Gasteiger charge is -2.29. The monoisotopic (exact) mass is 497 g/mol. The fourth-order valence-electron chi connectivity index (χ4n) is 4.43. The highest BCUT2D eigenvalue weighted by Gasteiger charge is 2.35. The number of likely N-dealkylation sites (N-methyl/N-ethyl adjacent to an activating group) is 1. The number of nitrogens with one attached hydrogen (secondary N) is 1. The summed E-state index contributed by atoms with van der Waals surface area (Å²) in [6.45, 7) is 3.85. The molecular weight excluding hydrogens is 469 g/mol. The highest BCUT2D eigenvalue weighted by Crippen LogP contribution is 2.42. The molecule has 3 aromatic carbocycles. The lowest BCUT2D eigenvalue weighted by Crippen LogP contribution is -2.47. The fraction of sp³-hybridized carbons (Fsp3) is 0.308. The van der Waals surface area contributed by atoms with Crippen LogP contribution in [0.5, 0.6) is 0 Å². The summed E-state index contributed by atoms with van der Waals surface area (Å²) in [4.78, 5) is 27.3. The Morgan fingerprint density at radius 3 is 2.49 bits per heavy atom. The minimum Gasteiger partial charge on any atom is -0.355 e. The summed E-state index contributed by atoms with van der Waals surface area (Å²) in [5, 5.41) is 4.23. The topological polar surface area (TPSA) is 86.8 Å². The summed E-state index contributed by atoms with van der Waals surface area (Å²) in [6.07, 6.45) is 0.259. The maximum atomic E-state index is 14.3. The van der Waals surface area contributed by atoms with Crippen molar-refractivity contribution in [1.82, 2.24) is 10.2 Å². The molecular formula is C26H28FN3O4S. The van der Waals surface area contributed by atoms with E-state index in [-0.39, 0.29) is 42.6 Å². The second kappa shape index (κ2) is 10.0. The first-order chi connectivity index (χ1) is 16.8. The molecule has 0 unspecified atom stereocenters. The van der Waals surface area contributed by atoms with Gasteiger partial charge in [-0.3, -0.25) is 13.9 Å². The fourth-order valence-corrected chi connectivity index (χ4v) is 6.18. The second-order valence-corrected chi connectivity index (χ2v) is 10.3. The van der Waals surface area contributed by atoms with Gasteiger partial charge in [-0.1, -0.05) is 42.5 Å². The number of carbonyl (C=O) groups excluding carboxylic acids is 2. The maximum Gasteiger partial charge on any atom is 0.265 e. The normalized spacial score (nSPS) is 14.7. The number of anilines is 1. The van der Waals surface area contributed by atoms with Crippen molar-refractivity contribution in [2.24, 2.45) is 0 Å². The van der Waals surface area contributed by atoms with Crippen molar-refractivity contribution in [3.05, 3.63) is 72.0 Å². The molecule has 2 amide bonds. The van der Waals surface area contributed by atoms with Gasteiger partial charge >= 0.3 is 0 Å². The highest BCUT2D eigenvalue weighted by atomic mass is 32.2. The van der Waals surface area contributed by atoms with Gasteiger partial charge in [0.05, 0.1) is 10.6 Å². The molecule has 0 aliphatic carbocycles. The van der Waals surface area contributed by atoms with E-state index in [1.54, 1.807) is 50.2 Å². The van der Waals surface area contributed by atoms with Crippen molar-refractivity contribution in [2.75, 3.05) is 17.4 Å². The largest absolute Gasteiger partial charge is 0.355 e. The lowest BCUT2D eigenvalue weighted by atomic mass is 10.1. The summed E-state index contributed by atoms with van der Waals surface area (Å²) in [6, 6.07) is 15.9. The van der Waals surface area contributed by atoms with Crippen LogP contribution in [0.25, 0.3) is 10.8 Å². The molecule has 1 atom stereocenters. The van der Waals surface area contributed by atoms with Crippen LogP contribution in [-0.2, 0) is 26.2 Å². The van der Waals surface area contributed by atoms with Crippen LogP contribution >= 0.6 is 0 Å². The Hall–Kier alpha value is -3.46. The number of hydrogen-bond donors (Lipinski definition) is 1. The molecule has 0 spiro atoms. The Morgan fingerprint density at radius 1 is 1.06 bits per heavy atom. The van der Waals surface area contributed by atoms with E-state index in [0.717, 1.165) is 5.39 Å². The van der Waals surface area contributed by atoms with Crippen LogP contribution in [0.4, 0.5) is 10.1 Å². The number of benzene rings is 3. The number of rotatable bonds is 9. The molecule has 4 rings (SSSR count). The van der Waals surface area contributed by atoms with E-state index in [2.05, 4.69) is 5.32 Å². The average molecular weight is 498 g/mol. The minimum atomic E-state index is -3.71. The van der Waals surface area contributed by atoms with Crippen LogP contribution in [0.15, 0.2) is 65.6 Å². The van der Waals surface area contributed by atoms with Crippen LogP contribution in [0, 0.1) is 5.82 Å². The summed E-state index contributed by atoms with van der Waals surface area (Å²) >= 11 is 0. The predicted octanol–water partition coefficient (Wildman–Crippen LogP) is 3.82. The van der Waals surface area contributed by atoms with E-state index in [9.17, 15) is 22.4 Å². The van der Waals surface area contributed by atoms with Crippen molar-refractivity contribution < 1.29 is 22.4 Å². The van der Waals surface area contributed by atoms with Gasteiger partial charge in [-0.25, -0.2) is 12.8 Å². The lowest BCUT2D eigenvalue weighted by molar-refractivity contribution is -0.140. The highest BCUT2D eigenvalue weighted by molar-refractivity contribution is 7.93. The standard InChI is InChI=1S/C26H28FN3O4S/c1-3-28-26(32)18(2)29(17-20-9-4-5-12-21(20)27)24(31)15-8-16-30-22-13-6-10-19-11-7-14-23(25(19)22)35(30,33)34/h4-7,9-14,18H,3,8,15-17H2,1-2H3,(H,28,32)/t18-/m1/s1. The third kappa shape index (κ3) is 4.73. The SMILES string of the molecule is CCNC(=O)[C@@H](C)N(Cc1ccccc1F)C(=O)CCCN1c2cccc3cccc(c23)S1(=O)=O. The van der Waals surface area contributed by atoms with E-state index in [4.69, 9.17) is 0 Å². The average Bonchev–Trinajstić information content (AvgIpc) is 3.06. The molecule has 9 heteroatoms. The predicted molar refractivity (Wildman–Crippen MR) is 133 cm³/mol. The molecule has 0 aromatic heterocycles. The van der Waals surface area contributed by atoms with Gasteiger partial charge in [0.25, 0.3) is 10.0 Å². The molecule has 1 heterocycles. The van der Waals surface area contributed by atoms with Gasteiger partial charge in [0.1, 0.15) is 11.9 Å². The number of halogens is 1. The zero-order valence-corrected chi connectivity index (χ0v) is 20.5. The van der Waals surface area contributed by atoms with E-state index < -0.39 is 21.9 Å². The van der Waals surface area contributed by atoms with Crippen LogP contribution in [0.2, 0.25) is 0 Å². The molecule has 1 N–H and O–H groups in total. The van der Waals surface area contributed by atoms with E-state index in [1.807, 2.05) is 18.2 Å². The van der Waals surface area contributed by atoms with Gasteiger partial charge in [0, 0.05) is 37.0 Å². The van der Waals surface area contributed by atoms with Gasteiger partial charge < -0.3 is 10.2 Å². The Bertz CT molecular complexity index is 1370. The maximum absolute atomic E-state index is 14.3. The van der Waals surface area contributed by atoms with E-state index in [0.29, 0.717) is 23.2 Å². The van der Waals surface area contributed by atoms with Gasteiger partial charge in [-0.05, 0) is 43.9 Å². The first-order valence-electron chi connectivity index (χ1n) is 11.6. The summed E-state index contributed by atoms with van der Waals surface area (Å²) < 4.78 is 42.0. The first kappa shape index (κ1) is 24.7. The number of carbonyl (C=O) groups is 2. The quantitative estimate of drug-likeness (QED) is 0.487. The summed E-state index contributed by atoms with van der Waals surface area (Å²) in [5.74, 6) is -1.14. The van der Waals surface area contributed by atoms with Gasteiger partial charge in [0.15, 0.2) is 0 Å². The van der Waals surface area contributed by atoms with Crippen LogP contribution in [0.3, 0.4) is 0 Å². The van der Waals surface area contributed by atoms with E-state index >= 15 is 0 Å². The molecule has 3 aromatic rings. The Labute approximate surface area is 204 Å². The van der Waals surface area contributed by atoms with Crippen molar-refractivity contribution >= 4 is 38.3 Å². The van der Waals surface area contributed by atoms with Crippen LogP contribution in [0.1, 0.15) is 32.3 Å². The van der Waals surface area contributed by atoms with Crippen molar-refractivity contribution in [3.63, 3.8) is 0 Å². The molecule has 0 fully saturated rings. The summed E-state index contributed by atoms with van der Waals surface area (Å²) in [7, 11) is -3.71. The third-order valence-corrected chi connectivity index (χ3v) is 8.11. The number of nitrogens with zero attached hydrogens (tertiary/aromatic N) is 2. The zero-order valence-electron chi connectivity index (χ0n) is 19.7. The minimum absolute atomic E-state index is 0.0105. The first-order valence-corrected chi connectivity index (χ1v) is 13.0. The van der Waals surface area contributed by atoms with Crippen LogP contribution in [-0.4, -0.2) is 44.3 Å². The number of hydrogen-bond acceptors (Lipinski definition) is 4. The molecule has 0 saturated heterocycles. The van der Waals surface area contributed by atoms with Gasteiger partial charge in [-0.2, -0.15) is 0 Å². The van der Waals surface area contributed by atoms with Crippen molar-refractivity contribution in [1.29, 1.82) is 0 Å². The second-order valence-electron chi connectivity index (χ2n) is 8.50. The Morgan fingerprint density at radius 2 is 1.77 bits per heavy atom. The van der Waals surface area contributed by atoms with Crippen molar-refractivity contribution in [2.45, 2.75) is 44.2 Å². The smallest absolute Gasteiger partial charge is 0.265 e. The molecule has 0 bridgehead atoms. The molecule has 1 aliphatic rings. The van der Waals surface area contributed by atoms with Crippen LogP contribution < -0.4 is 9.62 Å². The summed E-state index contributed by atoms with van der Waals surface area (Å²) in [5.41, 5.74) is 0.908. The molecule has 1 aliphatic heterocycles. The molecule has 0 saturated carbocycles. The molecule has 0 radical (unpaired) electrons. The Kier molecular flexibility index (Phi) is 7.07. The van der Waals surface area contributed by atoms with E-state index in [1.165, 1.54) is 15.3 Å². The number of sulfonamides is 1.